The predicted octanol–water partition coefficient (Wildman–Crippen LogP) is 4.72. The third-order valence-corrected chi connectivity index (χ3v) is 3.18. The second-order valence-corrected chi connectivity index (χ2v) is 4.96. The highest BCUT2D eigenvalue weighted by Crippen LogP contribution is 2.23. The smallest absolute Gasteiger partial charge is 0.108 e. The number of aryl methyl sites for hydroxylation is 2. The van der Waals surface area contributed by atoms with Crippen molar-refractivity contribution in [2.75, 3.05) is 0 Å². The second kappa shape index (κ2) is 5.24. The Balaban J connectivity index is 2.43. The van der Waals surface area contributed by atoms with E-state index in [-0.39, 0.29) is 0 Å². The van der Waals surface area contributed by atoms with Gasteiger partial charge >= 0.3 is 0 Å². The van der Waals surface area contributed by atoms with Gasteiger partial charge < -0.3 is 4.42 Å². The lowest BCUT2D eigenvalue weighted by Gasteiger charge is -1.99. The van der Waals surface area contributed by atoms with Crippen molar-refractivity contribution in [2.24, 2.45) is 0 Å². The number of benzene rings is 1. The molecule has 1 heterocycles. The Hall–Kier alpha value is -1.79. The second-order valence-electron chi connectivity index (χ2n) is 4.05. The van der Waals surface area contributed by atoms with E-state index in [0.29, 0.717) is 5.57 Å². The number of nitriles is 1. The first kappa shape index (κ1) is 12.7. The molecular formula is C15H12BrNO. The molecule has 0 unspecified atom stereocenters. The number of hydrogen-bond donors (Lipinski definition) is 0. The Morgan fingerprint density at radius 3 is 2.44 bits per heavy atom. The fraction of sp³-hybridized carbons (Fsp3) is 0.133. The first-order valence-electron chi connectivity index (χ1n) is 5.55. The Bertz CT molecular complexity index is 630. The van der Waals surface area contributed by atoms with E-state index in [1.807, 2.05) is 50.3 Å². The zero-order valence-electron chi connectivity index (χ0n) is 10.2. The minimum atomic E-state index is 0.631. The van der Waals surface area contributed by atoms with Gasteiger partial charge in [-0.15, -0.1) is 0 Å². The van der Waals surface area contributed by atoms with E-state index in [0.717, 1.165) is 27.1 Å². The molecule has 0 spiro atoms. The Morgan fingerprint density at radius 1 is 1.28 bits per heavy atom. The van der Waals surface area contributed by atoms with Crippen LogP contribution in [0.25, 0.3) is 11.6 Å². The van der Waals surface area contributed by atoms with Crippen LogP contribution in [-0.4, -0.2) is 0 Å². The van der Waals surface area contributed by atoms with E-state index in [9.17, 15) is 5.26 Å². The maximum atomic E-state index is 9.25. The minimum absolute atomic E-state index is 0.631. The molecule has 18 heavy (non-hydrogen) atoms. The van der Waals surface area contributed by atoms with Crippen molar-refractivity contribution in [3.63, 3.8) is 0 Å². The van der Waals surface area contributed by atoms with Gasteiger partial charge in [0.15, 0.2) is 0 Å². The summed E-state index contributed by atoms with van der Waals surface area (Å²) in [5, 5.41) is 9.25. The zero-order valence-corrected chi connectivity index (χ0v) is 11.8. The quantitative estimate of drug-likeness (QED) is 0.752. The van der Waals surface area contributed by atoms with Crippen molar-refractivity contribution in [1.82, 2.24) is 0 Å². The van der Waals surface area contributed by atoms with Gasteiger partial charge in [0.2, 0.25) is 0 Å². The first-order valence-corrected chi connectivity index (χ1v) is 6.34. The van der Waals surface area contributed by atoms with Crippen LogP contribution in [0, 0.1) is 25.2 Å². The van der Waals surface area contributed by atoms with Crippen molar-refractivity contribution in [3.8, 4) is 6.07 Å². The van der Waals surface area contributed by atoms with Crippen molar-refractivity contribution in [2.45, 2.75) is 13.8 Å². The summed E-state index contributed by atoms with van der Waals surface area (Å²) in [6, 6.07) is 11.8. The van der Waals surface area contributed by atoms with Gasteiger partial charge in [-0.2, -0.15) is 5.26 Å². The molecule has 1 aromatic heterocycles. The lowest BCUT2D eigenvalue weighted by Crippen LogP contribution is -1.81. The van der Waals surface area contributed by atoms with Crippen LogP contribution in [0.3, 0.4) is 0 Å². The number of rotatable bonds is 2. The van der Waals surface area contributed by atoms with E-state index < -0.39 is 0 Å². The molecular weight excluding hydrogens is 290 g/mol. The van der Waals surface area contributed by atoms with Gasteiger partial charge in [-0.3, -0.25) is 0 Å². The molecule has 0 bridgehead atoms. The summed E-state index contributed by atoms with van der Waals surface area (Å²) in [6.07, 6.45) is 1.86. The molecule has 0 saturated heterocycles. The van der Waals surface area contributed by atoms with Gasteiger partial charge in [-0.05, 0) is 43.7 Å². The normalized spacial score (nSPS) is 11.3. The van der Waals surface area contributed by atoms with Crippen LogP contribution in [0.5, 0.6) is 0 Å². The lowest BCUT2D eigenvalue weighted by molar-refractivity contribution is 0.504. The van der Waals surface area contributed by atoms with E-state index in [1.165, 1.54) is 0 Å². The molecule has 0 radical (unpaired) electrons. The molecule has 2 rings (SSSR count). The van der Waals surface area contributed by atoms with Crippen LogP contribution in [0.1, 0.15) is 22.6 Å². The Morgan fingerprint density at radius 2 is 1.94 bits per heavy atom. The third kappa shape index (κ3) is 2.72. The van der Waals surface area contributed by atoms with Gasteiger partial charge in [0, 0.05) is 10.0 Å². The summed E-state index contributed by atoms with van der Waals surface area (Å²) in [4.78, 5) is 0. The molecule has 1 aromatic carbocycles. The predicted molar refractivity (Wildman–Crippen MR) is 75.8 cm³/mol. The summed E-state index contributed by atoms with van der Waals surface area (Å²) in [5.74, 6) is 1.68. The molecule has 0 fully saturated rings. The van der Waals surface area contributed by atoms with Gasteiger partial charge in [0.1, 0.15) is 11.5 Å². The van der Waals surface area contributed by atoms with Gasteiger partial charge in [0.05, 0.1) is 11.6 Å². The van der Waals surface area contributed by atoms with Crippen LogP contribution in [-0.2, 0) is 0 Å². The largest absolute Gasteiger partial charge is 0.466 e. The molecule has 2 aromatic rings. The van der Waals surface area contributed by atoms with E-state index >= 15 is 0 Å². The monoisotopic (exact) mass is 301 g/mol. The number of halogens is 1. The maximum Gasteiger partial charge on any atom is 0.108 e. The topological polar surface area (TPSA) is 36.9 Å². The highest BCUT2D eigenvalue weighted by atomic mass is 79.9. The highest BCUT2D eigenvalue weighted by Gasteiger charge is 2.05. The van der Waals surface area contributed by atoms with E-state index in [2.05, 4.69) is 22.0 Å². The first-order chi connectivity index (χ1) is 8.60. The Labute approximate surface area is 115 Å². The summed E-state index contributed by atoms with van der Waals surface area (Å²) in [6.45, 7) is 3.80. The van der Waals surface area contributed by atoms with Gasteiger partial charge in [0.25, 0.3) is 0 Å². The summed E-state index contributed by atoms with van der Waals surface area (Å²) >= 11 is 3.38. The number of allylic oxidation sites excluding steroid dienone is 1. The van der Waals surface area contributed by atoms with Gasteiger partial charge in [-0.1, -0.05) is 28.1 Å². The highest BCUT2D eigenvalue weighted by molar-refractivity contribution is 9.10. The molecule has 0 atom stereocenters. The summed E-state index contributed by atoms with van der Waals surface area (Å²) < 4.78 is 6.45. The van der Waals surface area contributed by atoms with Crippen LogP contribution in [0.2, 0.25) is 0 Å². The SMILES string of the molecule is Cc1cc(/C=C(/C#N)c2ccc(Br)cc2)c(C)o1. The standard InChI is InChI=1S/C15H12BrNO/c1-10-7-13(11(2)18-10)8-14(9-17)12-3-5-15(16)6-4-12/h3-8H,1-2H3/b14-8-. The average Bonchev–Trinajstić information content (AvgIpc) is 2.66. The van der Waals surface area contributed by atoms with Crippen LogP contribution in [0.4, 0.5) is 0 Å². The Kier molecular flexibility index (Phi) is 3.69. The maximum absolute atomic E-state index is 9.25. The van der Waals surface area contributed by atoms with E-state index in [4.69, 9.17) is 4.42 Å². The molecule has 0 aliphatic carbocycles. The van der Waals surface area contributed by atoms with Gasteiger partial charge in [-0.25, -0.2) is 0 Å². The van der Waals surface area contributed by atoms with Crippen LogP contribution in [0.15, 0.2) is 39.2 Å². The fourth-order valence-electron chi connectivity index (χ4n) is 1.76. The van der Waals surface area contributed by atoms with Crippen molar-refractivity contribution < 1.29 is 4.42 Å². The van der Waals surface area contributed by atoms with Crippen LogP contribution < -0.4 is 0 Å². The summed E-state index contributed by atoms with van der Waals surface area (Å²) in [5.41, 5.74) is 2.48. The molecule has 0 aliphatic rings. The van der Waals surface area contributed by atoms with E-state index in [1.54, 1.807) is 0 Å². The molecule has 2 nitrogen and oxygen atoms in total. The third-order valence-electron chi connectivity index (χ3n) is 2.65. The average molecular weight is 302 g/mol. The lowest BCUT2D eigenvalue weighted by atomic mass is 10.0. The van der Waals surface area contributed by atoms with Crippen molar-refractivity contribution >= 4 is 27.6 Å². The molecule has 0 aliphatic heterocycles. The zero-order chi connectivity index (χ0) is 13.1. The number of nitrogens with zero attached hydrogens (tertiary/aromatic N) is 1. The molecule has 0 saturated carbocycles. The van der Waals surface area contributed by atoms with Crippen LogP contribution >= 0.6 is 15.9 Å². The number of hydrogen-bond acceptors (Lipinski definition) is 2. The molecule has 0 N–H and O–H groups in total. The number of furan rings is 1. The van der Waals surface area contributed by atoms with Crippen molar-refractivity contribution in [3.05, 3.63) is 57.5 Å². The summed E-state index contributed by atoms with van der Waals surface area (Å²) in [7, 11) is 0. The molecule has 0 amide bonds. The molecule has 90 valence electrons. The minimum Gasteiger partial charge on any atom is -0.466 e. The van der Waals surface area contributed by atoms with Crippen molar-refractivity contribution in [1.29, 1.82) is 5.26 Å². The molecule has 3 heteroatoms. The fourth-order valence-corrected chi connectivity index (χ4v) is 2.02.